The lowest BCUT2D eigenvalue weighted by atomic mass is 10.3. The van der Waals surface area contributed by atoms with Gasteiger partial charge in [-0.05, 0) is 59.3 Å². The standard InChI is InChI=1S/C12H13BrN4O2S/c1-8-11(13)6-7-12(15-8)17-20(18,19)10-4-2-9(16-14)3-5-10/h2-7,16H,14H2,1H3,(H,15,17). The van der Waals surface area contributed by atoms with E-state index in [-0.39, 0.29) is 10.7 Å². The van der Waals surface area contributed by atoms with Crippen LogP contribution < -0.4 is 16.0 Å². The molecule has 0 aliphatic carbocycles. The summed E-state index contributed by atoms with van der Waals surface area (Å²) >= 11 is 3.31. The first-order valence-corrected chi connectivity index (χ1v) is 7.92. The summed E-state index contributed by atoms with van der Waals surface area (Å²) in [6.07, 6.45) is 0. The number of sulfonamides is 1. The number of benzene rings is 1. The normalized spacial score (nSPS) is 11.2. The summed E-state index contributed by atoms with van der Waals surface area (Å²) in [5, 5.41) is 0. The van der Waals surface area contributed by atoms with E-state index in [1.807, 2.05) is 0 Å². The van der Waals surface area contributed by atoms with Gasteiger partial charge in [0.15, 0.2) is 0 Å². The summed E-state index contributed by atoms with van der Waals surface area (Å²) in [6, 6.07) is 9.40. The molecule has 4 N–H and O–H groups in total. The Morgan fingerprint density at radius 1 is 1.15 bits per heavy atom. The first-order valence-electron chi connectivity index (χ1n) is 5.65. The van der Waals surface area contributed by atoms with Crippen molar-refractivity contribution in [3.63, 3.8) is 0 Å². The number of rotatable bonds is 4. The summed E-state index contributed by atoms with van der Waals surface area (Å²) in [5.74, 6) is 5.50. The molecule has 1 aromatic carbocycles. The number of pyridine rings is 1. The van der Waals surface area contributed by atoms with E-state index in [0.29, 0.717) is 11.4 Å². The molecule has 0 atom stereocenters. The van der Waals surface area contributed by atoms with Crippen molar-refractivity contribution in [1.82, 2.24) is 4.98 Å². The first kappa shape index (κ1) is 14.8. The van der Waals surface area contributed by atoms with Gasteiger partial charge >= 0.3 is 0 Å². The highest BCUT2D eigenvalue weighted by molar-refractivity contribution is 9.10. The third-order valence-electron chi connectivity index (χ3n) is 2.59. The number of aryl methyl sites for hydroxylation is 1. The maximum absolute atomic E-state index is 12.2. The van der Waals surface area contributed by atoms with Gasteiger partial charge in [0.25, 0.3) is 10.0 Å². The maximum Gasteiger partial charge on any atom is 0.263 e. The number of anilines is 2. The molecule has 0 aliphatic rings. The van der Waals surface area contributed by atoms with Gasteiger partial charge in [-0.15, -0.1) is 0 Å². The molecule has 2 aromatic rings. The molecule has 0 fully saturated rings. The SMILES string of the molecule is Cc1nc(NS(=O)(=O)c2ccc(NN)cc2)ccc1Br. The highest BCUT2D eigenvalue weighted by Crippen LogP contribution is 2.20. The molecular weight excluding hydrogens is 344 g/mol. The smallest absolute Gasteiger partial charge is 0.263 e. The molecule has 0 bridgehead atoms. The van der Waals surface area contributed by atoms with Crippen LogP contribution in [0.15, 0.2) is 45.8 Å². The minimum atomic E-state index is -3.66. The van der Waals surface area contributed by atoms with Gasteiger partial charge in [-0.3, -0.25) is 10.6 Å². The third kappa shape index (κ3) is 3.27. The quantitative estimate of drug-likeness (QED) is 0.576. The van der Waals surface area contributed by atoms with Crippen molar-refractivity contribution >= 4 is 37.5 Å². The molecule has 8 heteroatoms. The van der Waals surface area contributed by atoms with Gasteiger partial charge in [0.1, 0.15) is 5.82 Å². The Morgan fingerprint density at radius 3 is 2.35 bits per heavy atom. The summed E-state index contributed by atoms with van der Waals surface area (Å²) in [4.78, 5) is 4.29. The van der Waals surface area contributed by atoms with Crippen LogP contribution >= 0.6 is 15.9 Å². The van der Waals surface area contributed by atoms with Gasteiger partial charge in [-0.25, -0.2) is 13.4 Å². The van der Waals surface area contributed by atoms with Crippen molar-refractivity contribution in [1.29, 1.82) is 0 Å². The highest BCUT2D eigenvalue weighted by atomic mass is 79.9. The summed E-state index contributed by atoms with van der Waals surface area (Å²) < 4.78 is 27.6. The molecule has 1 heterocycles. The average molecular weight is 357 g/mol. The van der Waals surface area contributed by atoms with Crippen LogP contribution in [0.3, 0.4) is 0 Å². The fraction of sp³-hybridized carbons (Fsp3) is 0.0833. The Morgan fingerprint density at radius 2 is 1.80 bits per heavy atom. The number of nitrogen functional groups attached to an aromatic ring is 1. The molecule has 0 aliphatic heterocycles. The number of hydrogen-bond acceptors (Lipinski definition) is 5. The number of hydrogen-bond donors (Lipinski definition) is 3. The Balaban J connectivity index is 2.27. The van der Waals surface area contributed by atoms with Crippen LogP contribution in [0.2, 0.25) is 0 Å². The molecule has 0 unspecified atom stereocenters. The Kier molecular flexibility index (Phi) is 4.26. The largest absolute Gasteiger partial charge is 0.324 e. The topological polar surface area (TPSA) is 97.1 Å². The Labute approximate surface area is 125 Å². The number of aromatic nitrogens is 1. The zero-order valence-corrected chi connectivity index (χ0v) is 13.0. The highest BCUT2D eigenvalue weighted by Gasteiger charge is 2.15. The van der Waals surface area contributed by atoms with Gasteiger partial charge in [0.2, 0.25) is 0 Å². The Bertz CT molecular complexity index is 717. The second-order valence-corrected chi connectivity index (χ2v) is 6.57. The van der Waals surface area contributed by atoms with Crippen molar-refractivity contribution in [2.24, 2.45) is 5.84 Å². The Hall–Kier alpha value is -1.64. The van der Waals surface area contributed by atoms with E-state index >= 15 is 0 Å². The summed E-state index contributed by atoms with van der Waals surface area (Å²) in [7, 11) is -3.66. The van der Waals surface area contributed by atoms with Crippen molar-refractivity contribution in [3.8, 4) is 0 Å². The minimum absolute atomic E-state index is 0.138. The predicted molar refractivity (Wildman–Crippen MR) is 81.7 cm³/mol. The van der Waals surface area contributed by atoms with Crippen molar-refractivity contribution < 1.29 is 8.42 Å². The number of hydrazine groups is 1. The number of nitrogens with one attached hydrogen (secondary N) is 2. The van der Waals surface area contributed by atoms with E-state index in [1.54, 1.807) is 31.2 Å². The van der Waals surface area contributed by atoms with E-state index < -0.39 is 10.0 Å². The van der Waals surface area contributed by atoms with Gasteiger partial charge in [0, 0.05) is 10.2 Å². The number of nitrogens with zero attached hydrogens (tertiary/aromatic N) is 1. The molecule has 0 spiro atoms. The van der Waals surface area contributed by atoms with Crippen molar-refractivity contribution in [2.75, 3.05) is 10.1 Å². The number of halogens is 1. The van der Waals surface area contributed by atoms with E-state index in [4.69, 9.17) is 5.84 Å². The second-order valence-electron chi connectivity index (χ2n) is 4.04. The summed E-state index contributed by atoms with van der Waals surface area (Å²) in [5.41, 5.74) is 3.76. The van der Waals surface area contributed by atoms with Crippen LogP contribution in [0, 0.1) is 6.92 Å². The first-order chi connectivity index (χ1) is 9.42. The maximum atomic E-state index is 12.2. The third-order valence-corrected chi connectivity index (χ3v) is 4.80. The minimum Gasteiger partial charge on any atom is -0.324 e. The molecule has 106 valence electrons. The van der Waals surface area contributed by atoms with Crippen molar-refractivity contribution in [2.45, 2.75) is 11.8 Å². The molecule has 0 radical (unpaired) electrons. The molecule has 2 rings (SSSR count). The molecular formula is C12H13BrN4O2S. The van der Waals surface area contributed by atoms with Crippen LogP contribution in [0.25, 0.3) is 0 Å². The van der Waals surface area contributed by atoms with E-state index in [1.165, 1.54) is 12.1 Å². The second kappa shape index (κ2) is 5.78. The molecule has 0 saturated carbocycles. The predicted octanol–water partition coefficient (Wildman–Crippen LogP) is 2.24. The average Bonchev–Trinajstić information content (AvgIpc) is 2.43. The van der Waals surface area contributed by atoms with Crippen LogP contribution in [-0.4, -0.2) is 13.4 Å². The monoisotopic (exact) mass is 356 g/mol. The number of nitrogens with two attached hydrogens (primary N) is 1. The molecule has 1 aromatic heterocycles. The zero-order chi connectivity index (χ0) is 14.8. The molecule has 20 heavy (non-hydrogen) atoms. The van der Waals surface area contributed by atoms with Crippen LogP contribution in [0.5, 0.6) is 0 Å². The van der Waals surface area contributed by atoms with Crippen LogP contribution in [0.1, 0.15) is 5.69 Å². The molecule has 6 nitrogen and oxygen atoms in total. The molecule has 0 saturated heterocycles. The molecule has 0 amide bonds. The summed E-state index contributed by atoms with van der Waals surface area (Å²) in [6.45, 7) is 1.78. The van der Waals surface area contributed by atoms with Crippen LogP contribution in [-0.2, 0) is 10.0 Å². The van der Waals surface area contributed by atoms with Crippen LogP contribution in [0.4, 0.5) is 11.5 Å². The van der Waals surface area contributed by atoms with Gasteiger partial charge in [0.05, 0.1) is 10.6 Å². The lowest BCUT2D eigenvalue weighted by Gasteiger charge is -2.09. The lowest BCUT2D eigenvalue weighted by molar-refractivity contribution is 0.601. The van der Waals surface area contributed by atoms with Gasteiger partial charge < -0.3 is 5.43 Å². The fourth-order valence-electron chi connectivity index (χ4n) is 1.53. The van der Waals surface area contributed by atoms with E-state index in [0.717, 1.165) is 4.47 Å². The lowest BCUT2D eigenvalue weighted by Crippen LogP contribution is -2.14. The van der Waals surface area contributed by atoms with E-state index in [9.17, 15) is 8.42 Å². The zero-order valence-electron chi connectivity index (χ0n) is 10.6. The van der Waals surface area contributed by atoms with E-state index in [2.05, 4.69) is 31.1 Å². The van der Waals surface area contributed by atoms with Gasteiger partial charge in [-0.2, -0.15) is 0 Å². The van der Waals surface area contributed by atoms with Crippen molar-refractivity contribution in [3.05, 3.63) is 46.6 Å². The van der Waals surface area contributed by atoms with Gasteiger partial charge in [-0.1, -0.05) is 0 Å². The fourth-order valence-corrected chi connectivity index (χ4v) is 2.75.